The third-order valence-electron chi connectivity index (χ3n) is 5.28. The highest BCUT2D eigenvalue weighted by atomic mass is 32.1. The maximum absolute atomic E-state index is 13.1. The van der Waals surface area contributed by atoms with E-state index in [1.54, 1.807) is 24.9 Å². The van der Waals surface area contributed by atoms with Crippen LogP contribution >= 0.6 is 11.3 Å². The molecule has 4 rings (SSSR count). The number of fused-ring (bicyclic) bond motifs is 1. The number of aryl methyl sites for hydroxylation is 3. The Bertz CT molecular complexity index is 1170. The van der Waals surface area contributed by atoms with Gasteiger partial charge in [-0.05, 0) is 32.6 Å². The normalized spacial score (nSPS) is 16.8. The first-order valence-electron chi connectivity index (χ1n) is 10.4. The summed E-state index contributed by atoms with van der Waals surface area (Å²) in [5.41, 5.74) is -0.177. The summed E-state index contributed by atoms with van der Waals surface area (Å²) in [6, 6.07) is 0.269. The summed E-state index contributed by atoms with van der Waals surface area (Å²) >= 11 is 1.54. The van der Waals surface area contributed by atoms with Gasteiger partial charge in [-0.1, -0.05) is 0 Å². The first kappa shape index (κ1) is 21.7. The molecule has 1 aliphatic heterocycles. The average molecular weight is 450 g/mol. The molecule has 0 aliphatic carbocycles. The Morgan fingerprint density at radius 1 is 1.26 bits per heavy atom. The van der Waals surface area contributed by atoms with Crippen LogP contribution in [0, 0.1) is 6.92 Å². The average Bonchev–Trinajstić information content (AvgIpc) is 3.33. The molecule has 0 saturated carbocycles. The molecule has 4 heterocycles. The van der Waals surface area contributed by atoms with Crippen LogP contribution in [0.3, 0.4) is 0 Å². The van der Waals surface area contributed by atoms with Gasteiger partial charge < -0.3 is 14.2 Å². The molecule has 0 radical (unpaired) electrons. The third kappa shape index (κ3) is 4.58. The van der Waals surface area contributed by atoms with E-state index in [0.717, 1.165) is 29.1 Å². The zero-order chi connectivity index (χ0) is 22.0. The summed E-state index contributed by atoms with van der Waals surface area (Å²) < 4.78 is 21.2. The molecule has 1 aliphatic rings. The van der Waals surface area contributed by atoms with Gasteiger partial charge in [-0.15, -0.1) is 11.3 Å². The highest BCUT2D eigenvalue weighted by Crippen LogP contribution is 2.19. The van der Waals surface area contributed by atoms with Crippen LogP contribution in [0.4, 0.5) is 0 Å². The van der Waals surface area contributed by atoms with Crippen molar-refractivity contribution in [2.45, 2.75) is 52.0 Å². The van der Waals surface area contributed by atoms with Crippen LogP contribution in [0.2, 0.25) is 0 Å². The number of hydrogen-bond donors (Lipinski definition) is 0. The standard InChI is InChI=1S/C20H27N5O5S/c1-13-11-21-14(31-13)12-30-19-22-17-16(23(19)2)18(26)25(20(27)24(17)3)8-6-10-29-15-7-4-5-9-28-15/h11,15H,4-10,12H2,1-3H3. The number of thiazole rings is 1. The second kappa shape index (κ2) is 9.33. The van der Waals surface area contributed by atoms with E-state index in [2.05, 4.69) is 9.97 Å². The molecule has 0 amide bonds. The van der Waals surface area contributed by atoms with Crippen LogP contribution in [0.5, 0.6) is 6.01 Å². The van der Waals surface area contributed by atoms with E-state index in [1.807, 2.05) is 6.92 Å². The Morgan fingerprint density at radius 3 is 2.81 bits per heavy atom. The fourth-order valence-electron chi connectivity index (χ4n) is 3.62. The third-order valence-corrected chi connectivity index (χ3v) is 6.17. The van der Waals surface area contributed by atoms with E-state index in [1.165, 1.54) is 20.5 Å². The van der Waals surface area contributed by atoms with Crippen LogP contribution < -0.4 is 16.0 Å². The van der Waals surface area contributed by atoms with E-state index >= 15 is 0 Å². The Morgan fingerprint density at radius 2 is 2.10 bits per heavy atom. The maximum atomic E-state index is 13.1. The second-order valence-corrected chi connectivity index (χ2v) is 8.92. The van der Waals surface area contributed by atoms with Gasteiger partial charge in [-0.3, -0.25) is 18.5 Å². The lowest BCUT2D eigenvalue weighted by molar-refractivity contribution is -0.163. The maximum Gasteiger partial charge on any atom is 0.332 e. The highest BCUT2D eigenvalue weighted by Gasteiger charge is 2.20. The van der Waals surface area contributed by atoms with Gasteiger partial charge in [0.25, 0.3) is 11.6 Å². The van der Waals surface area contributed by atoms with Gasteiger partial charge >= 0.3 is 5.69 Å². The lowest BCUT2D eigenvalue weighted by Crippen LogP contribution is -2.40. The number of aromatic nitrogens is 5. The van der Waals surface area contributed by atoms with Crippen LogP contribution in [-0.2, 0) is 36.7 Å². The van der Waals surface area contributed by atoms with E-state index in [4.69, 9.17) is 14.2 Å². The van der Waals surface area contributed by atoms with E-state index in [-0.39, 0.29) is 31.0 Å². The predicted octanol–water partition coefficient (Wildman–Crippen LogP) is 1.71. The summed E-state index contributed by atoms with van der Waals surface area (Å²) in [6.45, 7) is 3.62. The fraction of sp³-hybridized carbons (Fsp3) is 0.600. The number of ether oxygens (including phenoxy) is 3. The van der Waals surface area contributed by atoms with Gasteiger partial charge in [0.1, 0.15) is 11.6 Å². The minimum Gasteiger partial charge on any atom is -0.457 e. The number of nitrogens with zero attached hydrogens (tertiary/aromatic N) is 5. The molecule has 1 fully saturated rings. The van der Waals surface area contributed by atoms with Gasteiger partial charge in [0.15, 0.2) is 17.5 Å². The first-order valence-corrected chi connectivity index (χ1v) is 11.2. The van der Waals surface area contributed by atoms with Crippen molar-refractivity contribution in [1.29, 1.82) is 0 Å². The summed E-state index contributed by atoms with van der Waals surface area (Å²) in [7, 11) is 3.31. The summed E-state index contributed by atoms with van der Waals surface area (Å²) in [4.78, 5) is 35.6. The summed E-state index contributed by atoms with van der Waals surface area (Å²) in [5.74, 6) is 0. The molecule has 0 bridgehead atoms. The van der Waals surface area contributed by atoms with Crippen LogP contribution in [0.15, 0.2) is 15.8 Å². The topological polar surface area (TPSA) is 102 Å². The summed E-state index contributed by atoms with van der Waals surface area (Å²) in [5, 5.41) is 0.817. The second-order valence-electron chi connectivity index (χ2n) is 7.60. The lowest BCUT2D eigenvalue weighted by atomic mass is 10.2. The van der Waals surface area contributed by atoms with Gasteiger partial charge in [0, 0.05) is 38.3 Å². The van der Waals surface area contributed by atoms with Crippen molar-refractivity contribution < 1.29 is 14.2 Å². The van der Waals surface area contributed by atoms with Crippen molar-refractivity contribution in [2.75, 3.05) is 13.2 Å². The monoisotopic (exact) mass is 449 g/mol. The Balaban J connectivity index is 1.51. The predicted molar refractivity (Wildman–Crippen MR) is 116 cm³/mol. The number of hydrogen-bond acceptors (Lipinski definition) is 8. The zero-order valence-electron chi connectivity index (χ0n) is 18.0. The molecule has 3 aromatic rings. The number of rotatable bonds is 8. The molecule has 1 unspecified atom stereocenters. The molecule has 0 N–H and O–H groups in total. The zero-order valence-corrected chi connectivity index (χ0v) is 18.8. The summed E-state index contributed by atoms with van der Waals surface area (Å²) in [6.07, 6.45) is 5.16. The SMILES string of the molecule is Cc1cnc(COc2nc3c(c(=O)n(CCCOC4CCCCO4)c(=O)n3C)n2C)s1. The Kier molecular flexibility index (Phi) is 6.54. The molecule has 0 aromatic carbocycles. The largest absolute Gasteiger partial charge is 0.457 e. The smallest absolute Gasteiger partial charge is 0.332 e. The molecule has 1 saturated heterocycles. The van der Waals surface area contributed by atoms with Gasteiger partial charge in [-0.25, -0.2) is 9.78 Å². The Hall–Kier alpha value is -2.50. The molecule has 3 aromatic heterocycles. The van der Waals surface area contributed by atoms with Gasteiger partial charge in [-0.2, -0.15) is 4.98 Å². The van der Waals surface area contributed by atoms with Crippen molar-refractivity contribution in [1.82, 2.24) is 23.7 Å². The van der Waals surface area contributed by atoms with Crippen molar-refractivity contribution in [3.05, 3.63) is 36.9 Å². The fourth-order valence-corrected chi connectivity index (χ4v) is 4.32. The first-order chi connectivity index (χ1) is 15.0. The van der Waals surface area contributed by atoms with Crippen molar-refractivity contribution in [3.8, 4) is 6.01 Å². The molecular weight excluding hydrogens is 422 g/mol. The number of imidazole rings is 1. The molecule has 0 spiro atoms. The van der Waals surface area contributed by atoms with Crippen molar-refractivity contribution >= 4 is 22.5 Å². The Labute approximate surface area is 183 Å². The van der Waals surface area contributed by atoms with Crippen molar-refractivity contribution in [2.24, 2.45) is 14.1 Å². The van der Waals surface area contributed by atoms with Gasteiger partial charge in [0.05, 0.1) is 6.61 Å². The van der Waals surface area contributed by atoms with Crippen LogP contribution in [0.1, 0.15) is 35.6 Å². The lowest BCUT2D eigenvalue weighted by Gasteiger charge is -2.22. The molecule has 1 atom stereocenters. The minimum atomic E-state index is -0.411. The molecule has 11 heteroatoms. The van der Waals surface area contributed by atoms with E-state index in [0.29, 0.717) is 30.8 Å². The van der Waals surface area contributed by atoms with Gasteiger partial charge in [0.2, 0.25) is 0 Å². The quantitative estimate of drug-likeness (QED) is 0.483. The van der Waals surface area contributed by atoms with Crippen LogP contribution in [0.25, 0.3) is 11.2 Å². The molecule has 10 nitrogen and oxygen atoms in total. The van der Waals surface area contributed by atoms with E-state index in [9.17, 15) is 9.59 Å². The van der Waals surface area contributed by atoms with E-state index < -0.39 is 5.69 Å². The molecular formula is C20H27N5O5S. The molecule has 168 valence electrons. The highest BCUT2D eigenvalue weighted by molar-refractivity contribution is 7.11. The minimum absolute atomic E-state index is 0.186. The van der Waals surface area contributed by atoms with Crippen molar-refractivity contribution in [3.63, 3.8) is 0 Å². The van der Waals surface area contributed by atoms with Crippen LogP contribution in [-0.4, -0.2) is 43.2 Å². The molecule has 31 heavy (non-hydrogen) atoms.